The van der Waals surface area contributed by atoms with Crippen LogP contribution in [0.5, 0.6) is 0 Å². The van der Waals surface area contributed by atoms with Gasteiger partial charge in [-0.05, 0) is 36.8 Å². The van der Waals surface area contributed by atoms with E-state index in [4.69, 9.17) is 4.42 Å². The zero-order valence-electron chi connectivity index (χ0n) is 14.6. The highest BCUT2D eigenvalue weighted by atomic mass is 32.2. The average molecular weight is 370 g/mol. The van der Waals surface area contributed by atoms with Crippen molar-refractivity contribution in [3.8, 4) is 11.3 Å². The van der Waals surface area contributed by atoms with Crippen molar-refractivity contribution in [2.45, 2.75) is 23.9 Å². The number of hydrogen-bond donors (Lipinski definition) is 0. The predicted molar refractivity (Wildman–Crippen MR) is 100 cm³/mol. The Morgan fingerprint density at radius 3 is 2.58 bits per heavy atom. The van der Waals surface area contributed by atoms with Gasteiger partial charge >= 0.3 is 0 Å². The van der Waals surface area contributed by atoms with Crippen LogP contribution in [0.1, 0.15) is 12.5 Å². The fraction of sp³-hybridized carbons (Fsp3) is 0.200. The first-order valence-electron chi connectivity index (χ1n) is 8.20. The van der Waals surface area contributed by atoms with E-state index < -0.39 is 0 Å². The molecule has 0 radical (unpaired) electrons. The molecule has 0 spiro atoms. The summed E-state index contributed by atoms with van der Waals surface area (Å²) in [6.45, 7) is 2.38. The van der Waals surface area contributed by atoms with E-state index in [0.29, 0.717) is 17.5 Å². The van der Waals surface area contributed by atoms with Gasteiger partial charge in [-0.25, -0.2) is 9.37 Å². The van der Waals surface area contributed by atoms with Crippen LogP contribution in [0.4, 0.5) is 4.39 Å². The molecule has 0 bridgehead atoms. The third-order valence-corrected chi connectivity index (χ3v) is 4.82. The van der Waals surface area contributed by atoms with E-state index in [2.05, 4.69) is 4.98 Å². The van der Waals surface area contributed by atoms with Crippen LogP contribution in [0, 0.1) is 5.82 Å². The van der Waals surface area contributed by atoms with Gasteiger partial charge in [0.2, 0.25) is 5.91 Å². The molecule has 0 saturated heterocycles. The Kier molecular flexibility index (Phi) is 5.73. The van der Waals surface area contributed by atoms with Crippen LogP contribution in [-0.2, 0) is 11.3 Å². The second kappa shape index (κ2) is 8.19. The zero-order chi connectivity index (χ0) is 18.5. The number of amides is 1. The lowest BCUT2D eigenvalue weighted by Crippen LogP contribution is -2.32. The first-order valence-corrected chi connectivity index (χ1v) is 9.08. The highest BCUT2D eigenvalue weighted by Crippen LogP contribution is 2.28. The Hall–Kier alpha value is -2.60. The molecule has 1 atom stereocenters. The first kappa shape index (κ1) is 18.2. The smallest absolute Gasteiger partial charge is 0.256 e. The van der Waals surface area contributed by atoms with Crippen LogP contribution in [0.15, 0.2) is 70.4 Å². The minimum Gasteiger partial charge on any atom is -0.431 e. The number of oxazole rings is 1. The fourth-order valence-electron chi connectivity index (χ4n) is 2.51. The van der Waals surface area contributed by atoms with E-state index in [1.54, 1.807) is 30.3 Å². The van der Waals surface area contributed by atoms with Crippen molar-refractivity contribution in [3.63, 3.8) is 0 Å². The molecule has 26 heavy (non-hydrogen) atoms. The van der Waals surface area contributed by atoms with E-state index in [-0.39, 0.29) is 17.0 Å². The molecule has 0 N–H and O–H groups in total. The largest absolute Gasteiger partial charge is 0.431 e. The summed E-state index contributed by atoms with van der Waals surface area (Å²) in [7, 11) is 1.78. The van der Waals surface area contributed by atoms with Crippen molar-refractivity contribution in [2.24, 2.45) is 0 Å². The Morgan fingerprint density at radius 2 is 1.88 bits per heavy atom. The summed E-state index contributed by atoms with van der Waals surface area (Å²) < 4.78 is 18.7. The molecule has 2 aromatic carbocycles. The third-order valence-electron chi connectivity index (χ3n) is 3.88. The molecule has 0 saturated carbocycles. The molecule has 1 aromatic heterocycles. The van der Waals surface area contributed by atoms with Gasteiger partial charge in [0.25, 0.3) is 5.22 Å². The molecular formula is C20H19FN2O2S. The van der Waals surface area contributed by atoms with Crippen molar-refractivity contribution < 1.29 is 13.6 Å². The predicted octanol–water partition coefficient (Wildman–Crippen LogP) is 4.62. The maximum absolute atomic E-state index is 13.0. The van der Waals surface area contributed by atoms with Gasteiger partial charge < -0.3 is 9.32 Å². The molecule has 3 aromatic rings. The van der Waals surface area contributed by atoms with Gasteiger partial charge in [-0.1, -0.05) is 42.1 Å². The maximum atomic E-state index is 13.0. The summed E-state index contributed by atoms with van der Waals surface area (Å²) in [4.78, 5) is 18.5. The number of thioether (sulfide) groups is 1. The summed E-state index contributed by atoms with van der Waals surface area (Å²) in [6, 6.07) is 15.8. The molecule has 0 aliphatic carbocycles. The summed E-state index contributed by atoms with van der Waals surface area (Å²) in [5, 5.41) is 0.0849. The number of benzene rings is 2. The number of aromatic nitrogens is 1. The molecular weight excluding hydrogens is 351 g/mol. The molecule has 0 fully saturated rings. The monoisotopic (exact) mass is 370 g/mol. The lowest BCUT2D eigenvalue weighted by atomic mass is 10.2. The summed E-state index contributed by atoms with van der Waals surface area (Å²) >= 11 is 1.27. The standard InChI is InChI=1S/C20H19FN2O2S/c1-14(19(24)23(2)13-15-6-4-3-5-7-15)26-20-22-12-18(25-20)16-8-10-17(21)11-9-16/h3-12,14H,13H2,1-2H3. The maximum Gasteiger partial charge on any atom is 0.256 e. The Labute approximate surface area is 156 Å². The second-order valence-electron chi connectivity index (χ2n) is 5.94. The SMILES string of the molecule is CC(Sc1ncc(-c2ccc(F)cc2)o1)C(=O)N(C)Cc1ccccc1. The van der Waals surface area contributed by atoms with Gasteiger partial charge in [-0.3, -0.25) is 4.79 Å². The Bertz CT molecular complexity index is 865. The van der Waals surface area contributed by atoms with Crippen molar-refractivity contribution in [2.75, 3.05) is 7.05 Å². The van der Waals surface area contributed by atoms with Crippen LogP contribution < -0.4 is 0 Å². The number of halogens is 1. The first-order chi connectivity index (χ1) is 12.5. The number of carbonyl (C=O) groups is 1. The van der Waals surface area contributed by atoms with E-state index in [1.807, 2.05) is 37.3 Å². The topological polar surface area (TPSA) is 46.3 Å². The van der Waals surface area contributed by atoms with Crippen LogP contribution >= 0.6 is 11.8 Å². The van der Waals surface area contributed by atoms with Crippen LogP contribution in [-0.4, -0.2) is 28.1 Å². The van der Waals surface area contributed by atoms with E-state index >= 15 is 0 Å². The Balaban J connectivity index is 1.61. The molecule has 1 unspecified atom stereocenters. The number of carbonyl (C=O) groups excluding carboxylic acids is 1. The van der Waals surface area contributed by atoms with Crippen LogP contribution in [0.2, 0.25) is 0 Å². The van der Waals surface area contributed by atoms with E-state index in [9.17, 15) is 9.18 Å². The molecule has 0 aliphatic heterocycles. The van der Waals surface area contributed by atoms with Crippen LogP contribution in [0.3, 0.4) is 0 Å². The lowest BCUT2D eigenvalue weighted by molar-refractivity contribution is -0.129. The van der Waals surface area contributed by atoms with Crippen LogP contribution in [0.25, 0.3) is 11.3 Å². The summed E-state index contributed by atoms with van der Waals surface area (Å²) in [5.74, 6) is 0.244. The molecule has 0 aliphatic rings. The third kappa shape index (κ3) is 4.52. The van der Waals surface area contributed by atoms with E-state index in [1.165, 1.54) is 23.9 Å². The highest BCUT2D eigenvalue weighted by molar-refractivity contribution is 8.00. The van der Waals surface area contributed by atoms with Gasteiger partial charge in [0.05, 0.1) is 11.4 Å². The van der Waals surface area contributed by atoms with Crippen molar-refractivity contribution >= 4 is 17.7 Å². The minimum absolute atomic E-state index is 0.000357. The zero-order valence-corrected chi connectivity index (χ0v) is 15.4. The minimum atomic E-state index is -0.330. The van der Waals surface area contributed by atoms with Gasteiger partial charge in [-0.15, -0.1) is 0 Å². The van der Waals surface area contributed by atoms with Gasteiger partial charge in [0.15, 0.2) is 5.76 Å². The van der Waals surface area contributed by atoms with Gasteiger partial charge in [-0.2, -0.15) is 0 Å². The van der Waals surface area contributed by atoms with Gasteiger partial charge in [0.1, 0.15) is 5.82 Å². The Morgan fingerprint density at radius 1 is 1.19 bits per heavy atom. The molecule has 1 heterocycles. The van der Waals surface area contributed by atoms with Gasteiger partial charge in [0, 0.05) is 19.2 Å². The van der Waals surface area contributed by atoms with E-state index in [0.717, 1.165) is 11.1 Å². The number of nitrogens with zero attached hydrogens (tertiary/aromatic N) is 2. The normalized spacial score (nSPS) is 12.0. The fourth-order valence-corrected chi connectivity index (χ4v) is 3.34. The molecule has 134 valence electrons. The number of rotatable bonds is 6. The molecule has 6 heteroatoms. The lowest BCUT2D eigenvalue weighted by Gasteiger charge is -2.20. The summed E-state index contributed by atoms with van der Waals surface area (Å²) in [6.07, 6.45) is 1.58. The average Bonchev–Trinajstić information content (AvgIpc) is 3.11. The summed E-state index contributed by atoms with van der Waals surface area (Å²) in [5.41, 5.74) is 1.82. The molecule has 3 rings (SSSR count). The molecule has 4 nitrogen and oxygen atoms in total. The van der Waals surface area contributed by atoms with Crippen molar-refractivity contribution in [3.05, 3.63) is 72.2 Å². The second-order valence-corrected chi connectivity index (χ2v) is 7.23. The number of hydrogen-bond acceptors (Lipinski definition) is 4. The van der Waals surface area contributed by atoms with Crippen molar-refractivity contribution in [1.29, 1.82) is 0 Å². The highest BCUT2D eigenvalue weighted by Gasteiger charge is 2.21. The van der Waals surface area contributed by atoms with Crippen molar-refractivity contribution in [1.82, 2.24) is 9.88 Å². The molecule has 1 amide bonds. The quantitative estimate of drug-likeness (QED) is 0.594.